The first-order valence-electron chi connectivity index (χ1n) is 28.8. The van der Waals surface area contributed by atoms with Gasteiger partial charge in [0.15, 0.2) is 0 Å². The first-order chi connectivity index (χ1) is 37.7. The van der Waals surface area contributed by atoms with E-state index in [-0.39, 0.29) is 34.1 Å². The fourth-order valence-electron chi connectivity index (χ4n) is 13.1. The summed E-state index contributed by atoms with van der Waals surface area (Å²) in [4.78, 5) is 35.5. The molecule has 4 aromatic rings. The van der Waals surface area contributed by atoms with Gasteiger partial charge in [0.25, 0.3) is 0 Å². The average Bonchev–Trinajstić information content (AvgIpc) is 3.59. The maximum atomic E-state index is 14.1. The smallest absolute Gasteiger partial charge is 0.410 e. The Labute approximate surface area is 474 Å². The van der Waals surface area contributed by atoms with E-state index in [9.17, 15) is 26.4 Å². The van der Waals surface area contributed by atoms with E-state index in [2.05, 4.69) is 9.80 Å². The van der Waals surface area contributed by atoms with E-state index in [1.807, 2.05) is 74.5 Å². The minimum absolute atomic E-state index is 0.192. The maximum absolute atomic E-state index is 14.1. The lowest BCUT2D eigenvalue weighted by Gasteiger charge is -2.44. The predicted octanol–water partition coefficient (Wildman–Crippen LogP) is 12.2. The summed E-state index contributed by atoms with van der Waals surface area (Å²) in [6, 6.07) is 31.7. The zero-order valence-electron chi connectivity index (χ0n) is 45.5. The second-order valence-corrected chi connectivity index (χ2v) is 26.8. The molecule has 2 unspecified atom stereocenters. The third-order valence-electron chi connectivity index (χ3n) is 17.4. The van der Waals surface area contributed by atoms with Crippen molar-refractivity contribution in [3.8, 4) is 0 Å². The highest BCUT2D eigenvalue weighted by molar-refractivity contribution is 7.89. The molecule has 18 heteroatoms. The van der Waals surface area contributed by atoms with Crippen LogP contribution < -0.4 is 0 Å². The number of amides is 2. The Morgan fingerprint density at radius 2 is 0.769 bits per heavy atom. The number of hydrogen-bond acceptors (Lipinski definition) is 10. The van der Waals surface area contributed by atoms with Crippen LogP contribution in [-0.4, -0.2) is 146 Å². The van der Waals surface area contributed by atoms with Gasteiger partial charge in [0.2, 0.25) is 20.0 Å². The second kappa shape index (κ2) is 27.0. The summed E-state index contributed by atoms with van der Waals surface area (Å²) in [5, 5.41) is 0.962. The number of nitrogens with zero attached hydrogens (tertiary/aromatic N) is 6. The second-order valence-electron chi connectivity index (χ2n) is 22.2. The number of rotatable bonds is 12. The van der Waals surface area contributed by atoms with Crippen LogP contribution in [0.1, 0.15) is 140 Å². The van der Waals surface area contributed by atoms with Crippen LogP contribution in [0.2, 0.25) is 10.0 Å². The average molecular weight is 1150 g/mol. The van der Waals surface area contributed by atoms with E-state index >= 15 is 0 Å². The molecule has 0 aromatic heterocycles. The Morgan fingerprint density at radius 3 is 1.10 bits per heavy atom. The molecule has 4 aromatic carbocycles. The summed E-state index contributed by atoms with van der Waals surface area (Å²) < 4.78 is 71.6. The molecule has 0 spiro atoms. The van der Waals surface area contributed by atoms with Gasteiger partial charge in [-0.15, -0.1) is 0 Å². The van der Waals surface area contributed by atoms with E-state index in [1.165, 1.54) is 64.2 Å². The Bertz CT molecular complexity index is 2580. The number of benzene rings is 4. The number of carbonyl (C=O) groups excluding carboxylic acids is 2. The molecule has 4 heterocycles. The van der Waals surface area contributed by atoms with Crippen LogP contribution in [0.25, 0.3) is 0 Å². The quantitative estimate of drug-likeness (QED) is 0.135. The minimum Gasteiger partial charge on any atom is -0.445 e. The van der Waals surface area contributed by atoms with Crippen LogP contribution in [0.4, 0.5) is 9.59 Å². The number of carbonyl (C=O) groups is 2. The van der Waals surface area contributed by atoms with Gasteiger partial charge >= 0.3 is 12.2 Å². The molecule has 10 rings (SSSR count). The molecule has 4 saturated heterocycles. The highest BCUT2D eigenvalue weighted by atomic mass is 35.5. The number of halogens is 2. The number of sulfonamides is 2. The van der Waals surface area contributed by atoms with Crippen LogP contribution in [0.3, 0.4) is 0 Å². The lowest BCUT2D eigenvalue weighted by molar-refractivity contribution is 0.00410. The fraction of sp³-hybridized carbons (Fsp3) is 0.567. The van der Waals surface area contributed by atoms with Crippen molar-refractivity contribution >= 4 is 55.4 Å². The van der Waals surface area contributed by atoms with Crippen molar-refractivity contribution in [3.63, 3.8) is 0 Å². The molecule has 0 radical (unpaired) electrons. The molecular weight excluding hydrogens is 1070 g/mol. The summed E-state index contributed by atoms with van der Waals surface area (Å²) in [6.07, 6.45) is 15.3. The molecule has 2 saturated carbocycles. The minimum atomic E-state index is -3.89. The van der Waals surface area contributed by atoms with Crippen molar-refractivity contribution in [1.29, 1.82) is 0 Å². The van der Waals surface area contributed by atoms with Gasteiger partial charge in [-0.1, -0.05) is 122 Å². The highest BCUT2D eigenvalue weighted by Gasteiger charge is 2.46. The Kier molecular flexibility index (Phi) is 20.2. The Hall–Kier alpha value is -4.26. The Morgan fingerprint density at radius 1 is 0.436 bits per heavy atom. The van der Waals surface area contributed by atoms with Crippen LogP contribution in [0.5, 0.6) is 0 Å². The maximum Gasteiger partial charge on any atom is 0.410 e. The summed E-state index contributed by atoms with van der Waals surface area (Å²) >= 11 is 12.1. The van der Waals surface area contributed by atoms with E-state index in [0.717, 1.165) is 50.1 Å². The van der Waals surface area contributed by atoms with Crippen molar-refractivity contribution in [2.24, 2.45) is 0 Å². The van der Waals surface area contributed by atoms with E-state index in [1.54, 1.807) is 66.9 Å². The van der Waals surface area contributed by atoms with Crippen LogP contribution in [0, 0.1) is 0 Å². The third-order valence-corrected chi connectivity index (χ3v) is 21.8. The van der Waals surface area contributed by atoms with Crippen molar-refractivity contribution < 1.29 is 35.9 Å². The summed E-state index contributed by atoms with van der Waals surface area (Å²) in [6.45, 7) is 9.71. The molecule has 0 N–H and O–H groups in total. The lowest BCUT2D eigenvalue weighted by Crippen LogP contribution is -2.55. The molecule has 4 aliphatic heterocycles. The van der Waals surface area contributed by atoms with Crippen LogP contribution in [0.15, 0.2) is 119 Å². The Balaban J connectivity index is 0.000000190. The molecule has 2 aliphatic carbocycles. The molecule has 0 bridgehead atoms. The third kappa shape index (κ3) is 14.1. The van der Waals surface area contributed by atoms with Crippen molar-refractivity contribution in [1.82, 2.24) is 28.2 Å². The topological polar surface area (TPSA) is 140 Å². The fourth-order valence-corrected chi connectivity index (χ4v) is 17.2. The number of hydrogen-bond donors (Lipinski definition) is 0. The van der Waals surface area contributed by atoms with Crippen molar-refractivity contribution in [2.75, 3.05) is 52.4 Å². The van der Waals surface area contributed by atoms with E-state index in [4.69, 9.17) is 32.7 Å². The van der Waals surface area contributed by atoms with Crippen LogP contribution in [-0.2, 0) is 29.5 Å². The van der Waals surface area contributed by atoms with Gasteiger partial charge in [0.1, 0.15) is 12.2 Å². The van der Waals surface area contributed by atoms with Gasteiger partial charge in [-0.2, -0.15) is 8.61 Å². The standard InChI is InChI=1S/2C30H40ClN3O4S/c2*1-23(38-30(35)33-21-19-32(20-22-33)26-11-6-3-7-12-26)28-13-8-14-29(24-9-4-2-5-10-24)34(28)39(36,37)27-17-15-25(31)16-18-27/h2*2,4-5,9-10,15-18,23,26,28-29H,3,6-8,11-14,19-22H2,1H3/t2*23?,28-,29+/m11/s1. The molecule has 6 aliphatic rings. The number of piperidine rings is 2. The molecule has 424 valence electrons. The summed E-state index contributed by atoms with van der Waals surface area (Å²) in [5.74, 6) is 0. The van der Waals surface area contributed by atoms with Gasteiger partial charge in [0.05, 0.1) is 34.0 Å². The van der Waals surface area contributed by atoms with Crippen LogP contribution >= 0.6 is 23.2 Å². The molecule has 78 heavy (non-hydrogen) atoms. The van der Waals surface area contributed by atoms with Crippen molar-refractivity contribution in [3.05, 3.63) is 130 Å². The number of piperazine rings is 2. The van der Waals surface area contributed by atoms with Gasteiger partial charge in [0, 0.05) is 74.5 Å². The van der Waals surface area contributed by atoms with Gasteiger partial charge < -0.3 is 19.3 Å². The van der Waals surface area contributed by atoms with E-state index < -0.39 is 44.3 Å². The normalized spacial score (nSPS) is 24.8. The molecular formula is C60H80Cl2N6O8S2. The van der Waals surface area contributed by atoms with Crippen molar-refractivity contribution in [2.45, 2.75) is 175 Å². The largest absolute Gasteiger partial charge is 0.445 e. The summed E-state index contributed by atoms with van der Waals surface area (Å²) in [7, 11) is -7.78. The first kappa shape index (κ1) is 58.4. The van der Waals surface area contributed by atoms with Gasteiger partial charge in [-0.05, 0) is 138 Å². The van der Waals surface area contributed by atoms with E-state index in [0.29, 0.717) is 74.0 Å². The van der Waals surface area contributed by atoms with Gasteiger partial charge in [-0.3, -0.25) is 9.80 Å². The molecule has 2 amide bonds. The zero-order valence-corrected chi connectivity index (χ0v) is 48.6. The monoisotopic (exact) mass is 1150 g/mol. The molecule has 6 fully saturated rings. The number of ether oxygens (including phenoxy) is 2. The summed E-state index contributed by atoms with van der Waals surface area (Å²) in [5.41, 5.74) is 1.88. The highest BCUT2D eigenvalue weighted by Crippen LogP contribution is 2.43. The SMILES string of the molecule is CC(OC(=O)N1CCN(C2CCCCC2)CC1)[C@H]1CCC[C@@H](c2ccccc2)N1S(=O)(=O)c1ccc(Cl)cc1.CC(OC(=O)N1CCN(C2CCCCC2)CC1)[C@H]1CCC[C@@H](c2ccccc2)N1S(=O)(=O)c1ccc(Cl)cc1. The first-order valence-corrected chi connectivity index (χ1v) is 32.4. The van der Waals surface area contributed by atoms with Gasteiger partial charge in [-0.25, -0.2) is 26.4 Å². The zero-order chi connectivity index (χ0) is 54.8. The molecule has 14 nitrogen and oxygen atoms in total. The molecule has 6 atom stereocenters. The lowest BCUT2D eigenvalue weighted by atomic mass is 9.91. The predicted molar refractivity (Wildman–Crippen MR) is 307 cm³/mol.